The van der Waals surface area contributed by atoms with Crippen molar-refractivity contribution in [1.29, 1.82) is 0 Å². The number of benzene rings is 2. The molecular formula is C33H46N4+2. The predicted molar refractivity (Wildman–Crippen MR) is 153 cm³/mol. The van der Waals surface area contributed by atoms with Crippen molar-refractivity contribution in [3.63, 3.8) is 0 Å². The van der Waals surface area contributed by atoms with Crippen LogP contribution in [0.5, 0.6) is 0 Å². The van der Waals surface area contributed by atoms with E-state index in [1.165, 1.54) is 45.2 Å². The van der Waals surface area contributed by atoms with Gasteiger partial charge < -0.3 is 0 Å². The lowest BCUT2D eigenvalue weighted by atomic mass is 9.79. The largest absolute Gasteiger partial charge is 0.338 e. The molecule has 4 nitrogen and oxygen atoms in total. The first-order valence-electron chi connectivity index (χ1n) is 13.7. The van der Waals surface area contributed by atoms with Gasteiger partial charge in [0.05, 0.1) is 25.6 Å². The van der Waals surface area contributed by atoms with Crippen molar-refractivity contribution in [2.45, 2.75) is 85.6 Å². The molecule has 0 spiro atoms. The van der Waals surface area contributed by atoms with Crippen LogP contribution in [0.2, 0.25) is 0 Å². The van der Waals surface area contributed by atoms with E-state index >= 15 is 0 Å². The highest BCUT2D eigenvalue weighted by molar-refractivity contribution is 5.52. The zero-order chi connectivity index (χ0) is 27.2. The maximum Gasteiger partial charge on any atom is 0.338 e. The first-order chi connectivity index (χ1) is 17.4. The quantitative estimate of drug-likeness (QED) is 0.243. The number of aromatic nitrogens is 4. The summed E-state index contributed by atoms with van der Waals surface area (Å²) >= 11 is 0. The second-order valence-electron chi connectivity index (χ2n) is 12.1. The topological polar surface area (TPSA) is 17.6 Å². The fraction of sp³-hybridized carbons (Fsp3) is 0.455. The lowest BCUT2D eigenvalue weighted by Gasteiger charge is -2.24. The summed E-state index contributed by atoms with van der Waals surface area (Å²) in [5.41, 5.74) is 9.09. The summed E-state index contributed by atoms with van der Waals surface area (Å²) < 4.78 is 9.48. The Bertz CT molecular complexity index is 1390. The van der Waals surface area contributed by atoms with E-state index in [-0.39, 0.29) is 5.41 Å². The van der Waals surface area contributed by atoms with E-state index in [1.54, 1.807) is 0 Å². The summed E-state index contributed by atoms with van der Waals surface area (Å²) in [5, 5.41) is 0. The minimum Gasteiger partial charge on any atom is -0.234 e. The third kappa shape index (κ3) is 4.67. The van der Waals surface area contributed by atoms with Gasteiger partial charge in [-0.1, -0.05) is 70.2 Å². The molecule has 0 bridgehead atoms. The molecule has 0 radical (unpaired) electrons. The van der Waals surface area contributed by atoms with E-state index < -0.39 is 0 Å². The third-order valence-electron chi connectivity index (χ3n) is 7.98. The summed E-state index contributed by atoms with van der Waals surface area (Å²) in [6, 6.07) is 16.0. The van der Waals surface area contributed by atoms with Crippen molar-refractivity contribution in [2.24, 2.45) is 14.1 Å². The SMILES string of the molecule is Cc1ccccc1C(C)(C)c1c[n+](-c2c(C(C)C)cccc2C(C)C)c(-c2c[n+](C(C)C)cn2C)n1C. The van der Waals surface area contributed by atoms with Crippen LogP contribution >= 0.6 is 0 Å². The zero-order valence-corrected chi connectivity index (χ0v) is 24.8. The van der Waals surface area contributed by atoms with Gasteiger partial charge in [-0.2, -0.15) is 4.57 Å². The standard InChI is InChI=1S/C33H46N4/c1-22(2)26-16-14-17-27(23(3)4)31(26)37-20-30(33(8,9)28-18-13-12-15-25(28)7)35(11)32(37)29-19-36(24(5)6)21-34(29)10/h12-24H,1-11H3/q+2. The summed E-state index contributed by atoms with van der Waals surface area (Å²) in [4.78, 5) is 0. The van der Waals surface area contributed by atoms with Crippen molar-refractivity contribution >= 4 is 0 Å². The Kier molecular flexibility index (Phi) is 7.25. The Balaban J connectivity index is 2.13. The molecule has 37 heavy (non-hydrogen) atoms. The van der Waals surface area contributed by atoms with Crippen LogP contribution < -0.4 is 9.13 Å². The minimum absolute atomic E-state index is 0.177. The maximum absolute atomic E-state index is 2.49. The Morgan fingerprint density at radius 2 is 1.38 bits per heavy atom. The average molecular weight is 499 g/mol. The normalized spacial score (nSPS) is 12.4. The highest BCUT2D eigenvalue weighted by Crippen LogP contribution is 2.36. The van der Waals surface area contributed by atoms with Gasteiger partial charge in [0.15, 0.2) is 5.69 Å². The molecule has 0 fully saturated rings. The lowest BCUT2D eigenvalue weighted by molar-refractivity contribution is -0.715. The van der Waals surface area contributed by atoms with Crippen LogP contribution in [-0.4, -0.2) is 9.13 Å². The molecule has 0 atom stereocenters. The second kappa shape index (κ2) is 9.96. The molecule has 4 rings (SSSR count). The van der Waals surface area contributed by atoms with Crippen LogP contribution in [0.25, 0.3) is 17.2 Å². The minimum atomic E-state index is -0.177. The first-order valence-corrected chi connectivity index (χ1v) is 13.7. The Morgan fingerprint density at radius 3 is 1.89 bits per heavy atom. The summed E-state index contributed by atoms with van der Waals surface area (Å²) in [6.45, 7) is 20.6. The van der Waals surface area contributed by atoms with Gasteiger partial charge in [-0.05, 0) is 57.6 Å². The van der Waals surface area contributed by atoms with E-state index in [4.69, 9.17) is 0 Å². The maximum atomic E-state index is 2.49. The molecule has 0 aliphatic heterocycles. The molecule has 2 heterocycles. The molecule has 0 saturated heterocycles. The number of rotatable bonds is 7. The van der Waals surface area contributed by atoms with Gasteiger partial charge in [-0.25, -0.2) is 13.7 Å². The van der Waals surface area contributed by atoms with E-state index in [9.17, 15) is 0 Å². The first kappa shape index (κ1) is 26.9. The van der Waals surface area contributed by atoms with Gasteiger partial charge in [0, 0.05) is 11.1 Å². The second-order valence-corrected chi connectivity index (χ2v) is 12.1. The number of aryl methyl sites for hydroxylation is 2. The Hall–Kier alpha value is -3.14. The van der Waals surface area contributed by atoms with Gasteiger partial charge in [0.25, 0.3) is 5.69 Å². The van der Waals surface area contributed by atoms with E-state index in [1.807, 2.05) is 0 Å². The van der Waals surface area contributed by atoms with Crippen LogP contribution in [0.1, 0.15) is 101 Å². The van der Waals surface area contributed by atoms with Crippen LogP contribution in [0.4, 0.5) is 0 Å². The zero-order valence-electron chi connectivity index (χ0n) is 24.8. The molecule has 0 saturated carbocycles. The highest BCUT2D eigenvalue weighted by atomic mass is 15.2. The van der Waals surface area contributed by atoms with Crippen molar-refractivity contribution in [3.05, 3.63) is 89.1 Å². The molecule has 0 unspecified atom stereocenters. The average Bonchev–Trinajstić information content (AvgIpc) is 3.38. The van der Waals surface area contributed by atoms with Gasteiger partial charge in [-0.15, -0.1) is 0 Å². The number of hydrogen-bond donors (Lipinski definition) is 0. The molecule has 2 aromatic carbocycles. The fourth-order valence-electron chi connectivity index (χ4n) is 5.82. The third-order valence-corrected chi connectivity index (χ3v) is 7.98. The smallest absolute Gasteiger partial charge is 0.234 e. The van der Waals surface area contributed by atoms with Gasteiger partial charge >= 0.3 is 5.82 Å². The molecule has 4 heteroatoms. The number of nitrogens with zero attached hydrogens (tertiary/aromatic N) is 4. The molecule has 196 valence electrons. The molecule has 0 N–H and O–H groups in total. The number of hydrogen-bond acceptors (Lipinski definition) is 0. The number of imidazole rings is 2. The van der Waals surface area contributed by atoms with Gasteiger partial charge in [0.1, 0.15) is 18.1 Å². The van der Waals surface area contributed by atoms with Crippen LogP contribution in [0.15, 0.2) is 61.2 Å². The molecule has 0 aliphatic carbocycles. The molecule has 2 aromatic heterocycles. The monoisotopic (exact) mass is 498 g/mol. The van der Waals surface area contributed by atoms with E-state index in [0.29, 0.717) is 17.9 Å². The van der Waals surface area contributed by atoms with Gasteiger partial charge in [-0.3, -0.25) is 0 Å². The Labute approximate surface area is 224 Å². The molecule has 0 amide bonds. The van der Waals surface area contributed by atoms with Crippen LogP contribution in [0.3, 0.4) is 0 Å². The Morgan fingerprint density at radius 1 is 0.784 bits per heavy atom. The van der Waals surface area contributed by atoms with E-state index in [0.717, 1.165) is 0 Å². The number of para-hydroxylation sites is 1. The predicted octanol–water partition coefficient (Wildman–Crippen LogP) is 7.06. The van der Waals surface area contributed by atoms with Crippen molar-refractivity contribution in [3.8, 4) is 17.2 Å². The van der Waals surface area contributed by atoms with Gasteiger partial charge in [0.2, 0.25) is 6.33 Å². The lowest BCUT2D eigenvalue weighted by Crippen LogP contribution is -2.36. The summed E-state index contributed by atoms with van der Waals surface area (Å²) in [6.07, 6.45) is 6.91. The fourth-order valence-corrected chi connectivity index (χ4v) is 5.82. The molecule has 4 aromatic rings. The van der Waals surface area contributed by atoms with Crippen molar-refractivity contribution < 1.29 is 9.13 Å². The summed E-state index contributed by atoms with van der Waals surface area (Å²) in [7, 11) is 4.40. The molecule has 0 aliphatic rings. The van der Waals surface area contributed by atoms with Crippen molar-refractivity contribution in [2.75, 3.05) is 0 Å². The van der Waals surface area contributed by atoms with Crippen LogP contribution in [-0.2, 0) is 19.5 Å². The summed E-state index contributed by atoms with van der Waals surface area (Å²) in [5.74, 6) is 2.03. The van der Waals surface area contributed by atoms with E-state index in [2.05, 4.69) is 156 Å². The molecular weight excluding hydrogens is 452 g/mol. The highest BCUT2D eigenvalue weighted by Gasteiger charge is 2.39. The van der Waals surface area contributed by atoms with Crippen LogP contribution in [0, 0.1) is 6.92 Å². The van der Waals surface area contributed by atoms with Crippen molar-refractivity contribution in [1.82, 2.24) is 9.13 Å².